The third-order valence-electron chi connectivity index (χ3n) is 2.44. The Morgan fingerprint density at radius 2 is 1.95 bits per heavy atom. The van der Waals surface area contributed by atoms with E-state index in [0.29, 0.717) is 27.9 Å². The quantitative estimate of drug-likeness (QED) is 0.814. The molecule has 0 bridgehead atoms. The van der Waals surface area contributed by atoms with Crippen LogP contribution in [0.1, 0.15) is 15.2 Å². The highest BCUT2D eigenvalue weighted by molar-refractivity contribution is 9.10. The molecule has 1 heterocycles. The van der Waals surface area contributed by atoms with Gasteiger partial charge in [-0.05, 0) is 57.6 Å². The molecule has 0 saturated carbocycles. The number of nitrogens with one attached hydrogen (secondary N) is 1. The van der Waals surface area contributed by atoms with Gasteiger partial charge in [0.05, 0.1) is 0 Å². The van der Waals surface area contributed by atoms with Crippen molar-refractivity contribution in [3.63, 3.8) is 0 Å². The summed E-state index contributed by atoms with van der Waals surface area (Å²) in [5.41, 5.74) is 1.00. The van der Waals surface area contributed by atoms with E-state index < -0.39 is 0 Å². The zero-order valence-electron chi connectivity index (χ0n) is 9.75. The van der Waals surface area contributed by atoms with Crippen molar-refractivity contribution < 1.29 is 4.79 Å². The average molecular weight is 379 g/mol. The van der Waals surface area contributed by atoms with Gasteiger partial charge in [-0.2, -0.15) is 0 Å². The van der Waals surface area contributed by atoms with E-state index >= 15 is 0 Å². The van der Waals surface area contributed by atoms with Crippen molar-refractivity contribution in [1.29, 1.82) is 0 Å². The van der Waals surface area contributed by atoms with Gasteiger partial charge in [0, 0.05) is 21.1 Å². The van der Waals surface area contributed by atoms with Gasteiger partial charge in [-0.1, -0.05) is 23.2 Å². The van der Waals surface area contributed by atoms with Crippen LogP contribution in [0.4, 0.5) is 0 Å². The first-order valence-electron chi connectivity index (χ1n) is 5.52. The summed E-state index contributed by atoms with van der Waals surface area (Å²) in [5, 5.41) is 5.95. The number of carbonyl (C=O) groups excluding carboxylic acids is 1. The summed E-state index contributed by atoms with van der Waals surface area (Å²) < 4.78 is 0.820. The predicted molar refractivity (Wildman–Crippen MR) is 84.5 cm³/mol. The zero-order valence-corrected chi connectivity index (χ0v) is 13.7. The Morgan fingerprint density at radius 1 is 1.26 bits per heavy atom. The summed E-state index contributed by atoms with van der Waals surface area (Å²) in [6.07, 6.45) is 0.689. The molecule has 0 aliphatic carbocycles. The molecule has 0 atom stereocenters. The molecule has 0 saturated heterocycles. The molecule has 1 aromatic carbocycles. The van der Waals surface area contributed by atoms with E-state index in [0.717, 1.165) is 10.0 Å². The van der Waals surface area contributed by atoms with Crippen molar-refractivity contribution in [3.8, 4) is 0 Å². The normalized spacial score (nSPS) is 10.5. The topological polar surface area (TPSA) is 29.1 Å². The highest BCUT2D eigenvalue weighted by Crippen LogP contribution is 2.22. The van der Waals surface area contributed by atoms with Crippen LogP contribution in [0, 0.1) is 0 Å². The summed E-state index contributed by atoms with van der Waals surface area (Å²) in [4.78, 5) is 12.6. The van der Waals surface area contributed by atoms with Crippen molar-refractivity contribution in [3.05, 3.63) is 54.6 Å². The molecule has 19 heavy (non-hydrogen) atoms. The predicted octanol–water partition coefficient (Wildman–Crippen LogP) is 4.79. The minimum absolute atomic E-state index is 0.0741. The van der Waals surface area contributed by atoms with Crippen molar-refractivity contribution >= 4 is 56.4 Å². The Balaban J connectivity index is 1.90. The molecule has 0 radical (unpaired) electrons. The molecule has 2 rings (SSSR count). The fourth-order valence-corrected chi connectivity index (χ4v) is 3.65. The molecule has 100 valence electrons. The highest BCUT2D eigenvalue weighted by Gasteiger charge is 2.10. The molecule has 0 aliphatic rings. The number of amides is 1. The number of hydrogen-bond donors (Lipinski definition) is 1. The van der Waals surface area contributed by atoms with E-state index in [1.54, 1.807) is 6.07 Å². The van der Waals surface area contributed by atoms with Gasteiger partial charge in [-0.15, -0.1) is 11.3 Å². The molecule has 2 aromatic rings. The number of rotatable bonds is 4. The van der Waals surface area contributed by atoms with Crippen molar-refractivity contribution in [2.75, 3.05) is 6.54 Å². The fourth-order valence-electron chi connectivity index (χ4n) is 1.61. The smallest absolute Gasteiger partial charge is 0.262 e. The SMILES string of the molecule is O=C(NCCc1cc(Cl)cc(Cl)c1)c1sccc1Br. The van der Waals surface area contributed by atoms with Gasteiger partial charge < -0.3 is 5.32 Å². The number of thiophene rings is 1. The second kappa shape index (κ2) is 6.75. The summed E-state index contributed by atoms with van der Waals surface area (Å²) in [6, 6.07) is 7.24. The maximum absolute atomic E-state index is 11.9. The number of hydrogen-bond acceptors (Lipinski definition) is 2. The minimum atomic E-state index is -0.0741. The molecule has 1 aromatic heterocycles. The van der Waals surface area contributed by atoms with E-state index in [9.17, 15) is 4.79 Å². The number of benzene rings is 1. The van der Waals surface area contributed by atoms with Crippen LogP contribution in [0.2, 0.25) is 10.0 Å². The molecule has 2 nitrogen and oxygen atoms in total. The van der Waals surface area contributed by atoms with Crippen LogP contribution >= 0.6 is 50.5 Å². The van der Waals surface area contributed by atoms with Gasteiger partial charge in [0.15, 0.2) is 0 Å². The summed E-state index contributed by atoms with van der Waals surface area (Å²) in [5.74, 6) is -0.0741. The fraction of sp³-hybridized carbons (Fsp3) is 0.154. The zero-order chi connectivity index (χ0) is 13.8. The lowest BCUT2D eigenvalue weighted by Gasteiger charge is -2.05. The molecule has 1 amide bonds. The Bertz CT molecular complexity index is 580. The Kier molecular flexibility index (Phi) is 5.28. The highest BCUT2D eigenvalue weighted by atomic mass is 79.9. The van der Waals surface area contributed by atoms with E-state index in [1.807, 2.05) is 23.6 Å². The largest absolute Gasteiger partial charge is 0.351 e. The van der Waals surface area contributed by atoms with Gasteiger partial charge in [0.2, 0.25) is 0 Å². The molecular formula is C13H10BrCl2NOS. The Hall–Kier alpha value is -0.550. The molecule has 0 unspecified atom stereocenters. The molecule has 6 heteroatoms. The summed E-state index contributed by atoms with van der Waals surface area (Å²) in [6.45, 7) is 0.542. The standard InChI is InChI=1S/C13H10BrCl2NOS/c14-11-2-4-19-12(11)13(18)17-3-1-8-5-9(15)7-10(16)6-8/h2,4-7H,1,3H2,(H,17,18). The van der Waals surface area contributed by atoms with Gasteiger partial charge in [0.25, 0.3) is 5.91 Å². The summed E-state index contributed by atoms with van der Waals surface area (Å²) in [7, 11) is 0. The number of halogens is 3. The van der Waals surface area contributed by atoms with Crippen LogP contribution in [0.15, 0.2) is 34.1 Å². The van der Waals surface area contributed by atoms with Crippen LogP contribution in [-0.4, -0.2) is 12.5 Å². The van der Waals surface area contributed by atoms with E-state index in [-0.39, 0.29) is 5.91 Å². The van der Waals surface area contributed by atoms with Crippen molar-refractivity contribution in [2.24, 2.45) is 0 Å². The first kappa shape index (κ1) is 14.9. The van der Waals surface area contributed by atoms with Crippen LogP contribution in [-0.2, 0) is 6.42 Å². The third kappa shape index (κ3) is 4.21. The minimum Gasteiger partial charge on any atom is -0.351 e. The van der Waals surface area contributed by atoms with E-state index in [2.05, 4.69) is 21.2 Å². The van der Waals surface area contributed by atoms with Gasteiger partial charge >= 0.3 is 0 Å². The first-order valence-corrected chi connectivity index (χ1v) is 7.95. The third-order valence-corrected chi connectivity index (χ3v) is 4.72. The Morgan fingerprint density at radius 3 is 2.53 bits per heavy atom. The van der Waals surface area contributed by atoms with E-state index in [1.165, 1.54) is 11.3 Å². The Labute approximate surface area is 133 Å². The molecule has 1 N–H and O–H groups in total. The van der Waals surface area contributed by atoms with Crippen LogP contribution in [0.25, 0.3) is 0 Å². The lowest BCUT2D eigenvalue weighted by molar-refractivity contribution is 0.0957. The maximum atomic E-state index is 11.9. The second-order valence-corrected chi connectivity index (χ2v) is 6.52. The monoisotopic (exact) mass is 377 g/mol. The van der Waals surface area contributed by atoms with Gasteiger partial charge in [0.1, 0.15) is 4.88 Å². The molecular weight excluding hydrogens is 369 g/mol. The maximum Gasteiger partial charge on any atom is 0.262 e. The second-order valence-electron chi connectivity index (χ2n) is 3.88. The van der Waals surface area contributed by atoms with Gasteiger partial charge in [-0.25, -0.2) is 0 Å². The molecule has 0 fully saturated rings. The van der Waals surface area contributed by atoms with Crippen molar-refractivity contribution in [1.82, 2.24) is 5.32 Å². The average Bonchev–Trinajstić information content (AvgIpc) is 2.74. The molecule has 0 spiro atoms. The molecule has 0 aliphatic heterocycles. The first-order chi connectivity index (χ1) is 9.06. The van der Waals surface area contributed by atoms with Gasteiger partial charge in [-0.3, -0.25) is 4.79 Å². The van der Waals surface area contributed by atoms with Crippen molar-refractivity contribution in [2.45, 2.75) is 6.42 Å². The van der Waals surface area contributed by atoms with Crippen LogP contribution in [0.5, 0.6) is 0 Å². The van der Waals surface area contributed by atoms with Crippen LogP contribution < -0.4 is 5.32 Å². The van der Waals surface area contributed by atoms with Crippen LogP contribution in [0.3, 0.4) is 0 Å². The summed E-state index contributed by atoms with van der Waals surface area (Å²) >= 11 is 16.6. The lowest BCUT2D eigenvalue weighted by Crippen LogP contribution is -2.25. The van der Waals surface area contributed by atoms with E-state index in [4.69, 9.17) is 23.2 Å². The lowest BCUT2D eigenvalue weighted by atomic mass is 10.1. The number of carbonyl (C=O) groups is 1.